The topological polar surface area (TPSA) is 70.1 Å². The van der Waals surface area contributed by atoms with Crippen molar-refractivity contribution in [2.45, 2.75) is 6.92 Å². The molecule has 2 aromatic rings. The van der Waals surface area contributed by atoms with Crippen molar-refractivity contribution in [1.82, 2.24) is 9.78 Å². The van der Waals surface area contributed by atoms with E-state index < -0.39 is 6.09 Å². The SMILES string of the molecule is CCOC(=O)n1nc2c(Cl)ccc(Cl)c2c1N. The van der Waals surface area contributed by atoms with Crippen molar-refractivity contribution >= 4 is 46.0 Å². The monoisotopic (exact) mass is 273 g/mol. The number of halogens is 2. The van der Waals surface area contributed by atoms with Crippen molar-refractivity contribution in [3.8, 4) is 0 Å². The van der Waals surface area contributed by atoms with Crippen LogP contribution >= 0.6 is 23.2 Å². The molecule has 17 heavy (non-hydrogen) atoms. The summed E-state index contributed by atoms with van der Waals surface area (Å²) in [4.78, 5) is 11.6. The number of carbonyl (C=O) groups excluding carboxylic acids is 1. The molecule has 90 valence electrons. The first kappa shape index (κ1) is 12.0. The quantitative estimate of drug-likeness (QED) is 0.867. The first-order valence-electron chi connectivity index (χ1n) is 4.85. The highest BCUT2D eigenvalue weighted by molar-refractivity contribution is 6.40. The zero-order valence-corrected chi connectivity index (χ0v) is 10.4. The van der Waals surface area contributed by atoms with Crippen LogP contribution in [-0.4, -0.2) is 22.5 Å². The number of ether oxygens (including phenoxy) is 1. The van der Waals surface area contributed by atoms with Crippen LogP contribution in [0.15, 0.2) is 12.1 Å². The third-order valence-corrected chi connectivity index (χ3v) is 2.82. The summed E-state index contributed by atoms with van der Waals surface area (Å²) in [5, 5.41) is 5.20. The van der Waals surface area contributed by atoms with Gasteiger partial charge in [-0.3, -0.25) is 0 Å². The molecule has 5 nitrogen and oxygen atoms in total. The number of carbonyl (C=O) groups is 1. The van der Waals surface area contributed by atoms with Gasteiger partial charge in [-0.15, -0.1) is 4.68 Å². The van der Waals surface area contributed by atoms with Gasteiger partial charge in [-0.1, -0.05) is 23.2 Å². The molecule has 0 spiro atoms. The van der Waals surface area contributed by atoms with Crippen molar-refractivity contribution in [2.75, 3.05) is 12.3 Å². The highest BCUT2D eigenvalue weighted by atomic mass is 35.5. The number of nitrogen functional groups attached to an aromatic ring is 1. The van der Waals surface area contributed by atoms with Crippen LogP contribution in [0.4, 0.5) is 10.6 Å². The van der Waals surface area contributed by atoms with Gasteiger partial charge in [0.1, 0.15) is 11.3 Å². The average molecular weight is 274 g/mol. The molecule has 1 heterocycles. The molecule has 2 rings (SSSR count). The molecule has 1 aromatic carbocycles. The standard InChI is InChI=1S/C10H9Cl2N3O2/c1-2-17-10(16)15-9(13)7-5(11)3-4-6(12)8(7)14-15/h3-4H,2,13H2,1H3. The fourth-order valence-corrected chi connectivity index (χ4v) is 1.91. The lowest BCUT2D eigenvalue weighted by Crippen LogP contribution is -2.17. The third-order valence-electron chi connectivity index (χ3n) is 2.20. The van der Waals surface area contributed by atoms with Gasteiger partial charge in [0.2, 0.25) is 0 Å². The van der Waals surface area contributed by atoms with E-state index >= 15 is 0 Å². The Balaban J connectivity index is 2.68. The fourth-order valence-electron chi connectivity index (χ4n) is 1.47. The molecule has 0 saturated heterocycles. The number of fused-ring (bicyclic) bond motifs is 1. The Kier molecular flexibility index (Phi) is 3.13. The number of hydrogen-bond acceptors (Lipinski definition) is 4. The Morgan fingerprint density at radius 1 is 1.47 bits per heavy atom. The van der Waals surface area contributed by atoms with Gasteiger partial charge in [0, 0.05) is 0 Å². The lowest BCUT2D eigenvalue weighted by atomic mass is 10.2. The van der Waals surface area contributed by atoms with Crippen LogP contribution in [0.1, 0.15) is 6.92 Å². The van der Waals surface area contributed by atoms with E-state index in [4.69, 9.17) is 33.7 Å². The van der Waals surface area contributed by atoms with E-state index in [0.29, 0.717) is 20.9 Å². The predicted octanol–water partition coefficient (Wildman–Crippen LogP) is 2.93. The van der Waals surface area contributed by atoms with E-state index in [0.717, 1.165) is 4.68 Å². The molecule has 0 aliphatic carbocycles. The highest BCUT2D eigenvalue weighted by Gasteiger charge is 2.19. The van der Waals surface area contributed by atoms with E-state index in [9.17, 15) is 4.79 Å². The van der Waals surface area contributed by atoms with E-state index in [1.165, 1.54) is 0 Å². The Bertz CT molecular complexity index is 595. The Morgan fingerprint density at radius 2 is 2.12 bits per heavy atom. The Morgan fingerprint density at radius 3 is 2.71 bits per heavy atom. The summed E-state index contributed by atoms with van der Waals surface area (Å²) < 4.78 is 5.76. The molecule has 0 aliphatic rings. The number of anilines is 1. The minimum atomic E-state index is -0.659. The molecule has 0 fully saturated rings. The lowest BCUT2D eigenvalue weighted by Gasteiger charge is -2.01. The van der Waals surface area contributed by atoms with Crippen LogP contribution < -0.4 is 5.73 Å². The van der Waals surface area contributed by atoms with Crippen LogP contribution in [0.25, 0.3) is 10.9 Å². The molecule has 0 aliphatic heterocycles. The minimum absolute atomic E-state index is 0.117. The highest BCUT2D eigenvalue weighted by Crippen LogP contribution is 2.33. The number of aromatic nitrogens is 2. The molecule has 0 saturated carbocycles. The minimum Gasteiger partial charge on any atom is -0.448 e. The molecule has 7 heteroatoms. The molecule has 0 unspecified atom stereocenters. The van der Waals surface area contributed by atoms with Gasteiger partial charge in [-0.25, -0.2) is 4.79 Å². The normalized spacial score (nSPS) is 10.8. The fraction of sp³-hybridized carbons (Fsp3) is 0.200. The van der Waals surface area contributed by atoms with Gasteiger partial charge in [0.05, 0.1) is 22.0 Å². The Hall–Kier alpha value is -1.46. The zero-order valence-electron chi connectivity index (χ0n) is 8.91. The summed E-state index contributed by atoms with van der Waals surface area (Å²) in [6, 6.07) is 3.19. The summed E-state index contributed by atoms with van der Waals surface area (Å²) in [6.45, 7) is 1.92. The van der Waals surface area contributed by atoms with Gasteiger partial charge < -0.3 is 10.5 Å². The maximum Gasteiger partial charge on any atom is 0.436 e. The van der Waals surface area contributed by atoms with E-state index in [1.807, 2.05) is 0 Å². The third kappa shape index (κ3) is 1.92. The van der Waals surface area contributed by atoms with Gasteiger partial charge >= 0.3 is 6.09 Å². The van der Waals surface area contributed by atoms with Crippen molar-refractivity contribution < 1.29 is 9.53 Å². The molecule has 0 atom stereocenters. The van der Waals surface area contributed by atoms with Crippen LogP contribution in [0.5, 0.6) is 0 Å². The second-order valence-corrected chi connectivity index (χ2v) is 4.06. The first-order valence-corrected chi connectivity index (χ1v) is 5.61. The summed E-state index contributed by atoms with van der Waals surface area (Å²) in [7, 11) is 0. The molecular formula is C10H9Cl2N3O2. The largest absolute Gasteiger partial charge is 0.448 e. The lowest BCUT2D eigenvalue weighted by molar-refractivity contribution is 0.151. The van der Waals surface area contributed by atoms with Crippen molar-refractivity contribution in [3.05, 3.63) is 22.2 Å². The smallest absolute Gasteiger partial charge is 0.436 e. The van der Waals surface area contributed by atoms with Crippen LogP contribution in [-0.2, 0) is 4.74 Å². The molecule has 0 amide bonds. The van der Waals surface area contributed by atoms with Crippen LogP contribution in [0, 0.1) is 0 Å². The van der Waals surface area contributed by atoms with Crippen LogP contribution in [0.3, 0.4) is 0 Å². The van der Waals surface area contributed by atoms with E-state index in [1.54, 1.807) is 19.1 Å². The maximum absolute atomic E-state index is 11.6. The summed E-state index contributed by atoms with van der Waals surface area (Å²) >= 11 is 11.9. The Labute approximate surface area is 107 Å². The van der Waals surface area contributed by atoms with Gasteiger partial charge in [0.25, 0.3) is 0 Å². The predicted molar refractivity (Wildman–Crippen MR) is 66.6 cm³/mol. The molecule has 0 radical (unpaired) electrons. The second-order valence-electron chi connectivity index (χ2n) is 3.25. The van der Waals surface area contributed by atoms with Crippen molar-refractivity contribution in [2.24, 2.45) is 0 Å². The number of nitrogens with two attached hydrogens (primary N) is 1. The maximum atomic E-state index is 11.6. The van der Waals surface area contributed by atoms with Gasteiger partial charge in [0.15, 0.2) is 0 Å². The zero-order chi connectivity index (χ0) is 12.6. The van der Waals surface area contributed by atoms with Crippen molar-refractivity contribution in [1.29, 1.82) is 0 Å². The van der Waals surface area contributed by atoms with Crippen LogP contribution in [0.2, 0.25) is 10.0 Å². The van der Waals surface area contributed by atoms with E-state index in [-0.39, 0.29) is 12.4 Å². The number of rotatable bonds is 1. The van der Waals surface area contributed by atoms with Crippen molar-refractivity contribution in [3.63, 3.8) is 0 Å². The summed E-state index contributed by atoms with van der Waals surface area (Å²) in [5.41, 5.74) is 6.18. The van der Waals surface area contributed by atoms with Gasteiger partial charge in [-0.05, 0) is 19.1 Å². The molecule has 0 bridgehead atoms. The molecule has 2 N–H and O–H groups in total. The average Bonchev–Trinajstić information content (AvgIpc) is 2.63. The molecular weight excluding hydrogens is 265 g/mol. The van der Waals surface area contributed by atoms with Gasteiger partial charge in [-0.2, -0.15) is 5.10 Å². The second kappa shape index (κ2) is 4.43. The summed E-state index contributed by atoms with van der Waals surface area (Å²) in [6.07, 6.45) is -0.659. The number of hydrogen-bond donors (Lipinski definition) is 1. The van der Waals surface area contributed by atoms with E-state index in [2.05, 4.69) is 5.10 Å². The first-order chi connectivity index (χ1) is 8.06. The number of nitrogens with zero attached hydrogens (tertiary/aromatic N) is 2. The summed E-state index contributed by atoms with van der Waals surface area (Å²) in [5.74, 6) is 0.117. The molecule has 1 aromatic heterocycles. The number of benzene rings is 1.